The molecule has 0 spiro atoms. The standard InChI is InChI=1S/C13H19F3N2O/c1-3-17-9-10-4-5-11(18(2)6-7-19)8-12(10)13(14,15)16/h4-5,8,17,19H,3,6-7,9H2,1-2H3. The fourth-order valence-corrected chi connectivity index (χ4v) is 1.76. The van der Waals surface area contributed by atoms with Gasteiger partial charge < -0.3 is 15.3 Å². The molecule has 2 N–H and O–H groups in total. The van der Waals surface area contributed by atoms with Crippen LogP contribution in [0.2, 0.25) is 0 Å². The third kappa shape index (κ3) is 4.40. The summed E-state index contributed by atoms with van der Waals surface area (Å²) in [6.07, 6.45) is -4.37. The van der Waals surface area contributed by atoms with Crippen LogP contribution >= 0.6 is 0 Å². The number of anilines is 1. The Bertz CT molecular complexity index is 407. The molecule has 0 atom stereocenters. The van der Waals surface area contributed by atoms with Crippen LogP contribution < -0.4 is 10.2 Å². The van der Waals surface area contributed by atoms with Crippen molar-refractivity contribution in [1.29, 1.82) is 0 Å². The molecule has 0 aliphatic heterocycles. The van der Waals surface area contributed by atoms with Gasteiger partial charge in [-0.3, -0.25) is 0 Å². The number of hydrogen-bond donors (Lipinski definition) is 2. The zero-order chi connectivity index (χ0) is 14.5. The average molecular weight is 276 g/mol. The van der Waals surface area contributed by atoms with Crippen molar-refractivity contribution in [1.82, 2.24) is 5.32 Å². The van der Waals surface area contributed by atoms with E-state index in [1.165, 1.54) is 6.07 Å². The van der Waals surface area contributed by atoms with Crippen LogP contribution in [0.3, 0.4) is 0 Å². The van der Waals surface area contributed by atoms with Crippen LogP contribution in [-0.2, 0) is 12.7 Å². The summed E-state index contributed by atoms with van der Waals surface area (Å²) in [5.74, 6) is 0. The summed E-state index contributed by atoms with van der Waals surface area (Å²) in [6, 6.07) is 4.24. The molecule has 108 valence electrons. The van der Waals surface area contributed by atoms with E-state index in [0.29, 0.717) is 18.8 Å². The fourth-order valence-electron chi connectivity index (χ4n) is 1.76. The first kappa shape index (κ1) is 15.8. The van der Waals surface area contributed by atoms with Crippen LogP contribution in [0.15, 0.2) is 18.2 Å². The van der Waals surface area contributed by atoms with Gasteiger partial charge in [0.2, 0.25) is 0 Å². The van der Waals surface area contributed by atoms with Crippen molar-refractivity contribution < 1.29 is 18.3 Å². The molecule has 0 heterocycles. The van der Waals surface area contributed by atoms with Crippen molar-refractivity contribution in [3.63, 3.8) is 0 Å². The number of alkyl halides is 3. The second-order valence-corrected chi connectivity index (χ2v) is 4.26. The van der Waals surface area contributed by atoms with E-state index in [9.17, 15) is 13.2 Å². The molecule has 6 heteroatoms. The van der Waals surface area contributed by atoms with Gasteiger partial charge in [-0.2, -0.15) is 13.2 Å². The van der Waals surface area contributed by atoms with Crippen LogP contribution in [0.4, 0.5) is 18.9 Å². The Hall–Kier alpha value is -1.27. The number of likely N-dealkylation sites (N-methyl/N-ethyl adjacent to an activating group) is 1. The van der Waals surface area contributed by atoms with Crippen LogP contribution in [0.5, 0.6) is 0 Å². The number of halogens is 3. The Morgan fingerprint density at radius 1 is 1.32 bits per heavy atom. The molecule has 1 rings (SSSR count). The summed E-state index contributed by atoms with van der Waals surface area (Å²) in [4.78, 5) is 1.59. The van der Waals surface area contributed by atoms with Gasteiger partial charge in [0.25, 0.3) is 0 Å². The topological polar surface area (TPSA) is 35.5 Å². The third-order valence-electron chi connectivity index (χ3n) is 2.84. The lowest BCUT2D eigenvalue weighted by Crippen LogP contribution is -2.23. The maximum Gasteiger partial charge on any atom is 0.416 e. The monoisotopic (exact) mass is 276 g/mol. The molecule has 3 nitrogen and oxygen atoms in total. The highest BCUT2D eigenvalue weighted by molar-refractivity contribution is 5.51. The van der Waals surface area contributed by atoms with Crippen molar-refractivity contribution in [2.45, 2.75) is 19.6 Å². The van der Waals surface area contributed by atoms with Gasteiger partial charge in [-0.1, -0.05) is 13.0 Å². The van der Waals surface area contributed by atoms with E-state index in [-0.39, 0.29) is 18.7 Å². The molecular formula is C13H19F3N2O. The lowest BCUT2D eigenvalue weighted by atomic mass is 10.1. The number of hydrogen-bond acceptors (Lipinski definition) is 3. The van der Waals surface area contributed by atoms with Crippen molar-refractivity contribution in [3.05, 3.63) is 29.3 Å². The van der Waals surface area contributed by atoms with E-state index in [0.717, 1.165) is 6.07 Å². The van der Waals surface area contributed by atoms with Crippen molar-refractivity contribution in [2.24, 2.45) is 0 Å². The number of aliphatic hydroxyl groups excluding tert-OH is 1. The summed E-state index contributed by atoms with van der Waals surface area (Å²) in [7, 11) is 1.65. The maximum atomic E-state index is 13.0. The zero-order valence-corrected chi connectivity index (χ0v) is 11.1. The first-order valence-electron chi connectivity index (χ1n) is 6.13. The highest BCUT2D eigenvalue weighted by atomic mass is 19.4. The minimum absolute atomic E-state index is 0.100. The number of benzene rings is 1. The van der Waals surface area contributed by atoms with E-state index in [4.69, 9.17) is 5.11 Å². The molecule has 0 aliphatic carbocycles. The molecule has 0 bridgehead atoms. The number of nitrogens with one attached hydrogen (secondary N) is 1. The summed E-state index contributed by atoms with van der Waals surface area (Å²) >= 11 is 0. The number of aliphatic hydroxyl groups is 1. The average Bonchev–Trinajstić information content (AvgIpc) is 2.35. The predicted molar refractivity (Wildman–Crippen MR) is 69.2 cm³/mol. The number of rotatable bonds is 6. The van der Waals surface area contributed by atoms with E-state index in [2.05, 4.69) is 5.32 Å². The van der Waals surface area contributed by atoms with Gasteiger partial charge in [0, 0.05) is 25.8 Å². The Morgan fingerprint density at radius 3 is 2.53 bits per heavy atom. The van der Waals surface area contributed by atoms with Gasteiger partial charge >= 0.3 is 6.18 Å². The highest BCUT2D eigenvalue weighted by Gasteiger charge is 2.33. The Kier molecular flexibility index (Phi) is 5.62. The fraction of sp³-hybridized carbons (Fsp3) is 0.538. The van der Waals surface area contributed by atoms with Crippen LogP contribution in [0.1, 0.15) is 18.1 Å². The minimum atomic E-state index is -4.37. The van der Waals surface area contributed by atoms with Gasteiger partial charge in [-0.15, -0.1) is 0 Å². The minimum Gasteiger partial charge on any atom is -0.395 e. The molecular weight excluding hydrogens is 257 g/mol. The summed E-state index contributed by atoms with van der Waals surface area (Å²) in [5, 5.41) is 11.7. The first-order valence-corrected chi connectivity index (χ1v) is 6.13. The van der Waals surface area contributed by atoms with Gasteiger partial charge in [0.1, 0.15) is 0 Å². The largest absolute Gasteiger partial charge is 0.416 e. The van der Waals surface area contributed by atoms with Crippen LogP contribution in [-0.4, -0.2) is 31.9 Å². The SMILES string of the molecule is CCNCc1ccc(N(C)CCO)cc1C(F)(F)F. The first-order chi connectivity index (χ1) is 8.90. The molecule has 0 unspecified atom stereocenters. The smallest absolute Gasteiger partial charge is 0.395 e. The normalized spacial score (nSPS) is 11.7. The van der Waals surface area contributed by atoms with E-state index in [1.807, 2.05) is 6.92 Å². The zero-order valence-electron chi connectivity index (χ0n) is 11.1. The van der Waals surface area contributed by atoms with Crippen LogP contribution in [0.25, 0.3) is 0 Å². The Morgan fingerprint density at radius 2 is 2.00 bits per heavy atom. The molecule has 0 aromatic heterocycles. The quantitative estimate of drug-likeness (QED) is 0.836. The number of nitrogens with zero attached hydrogens (tertiary/aromatic N) is 1. The third-order valence-corrected chi connectivity index (χ3v) is 2.84. The van der Waals surface area contributed by atoms with Gasteiger partial charge in [0.15, 0.2) is 0 Å². The van der Waals surface area contributed by atoms with Crippen molar-refractivity contribution in [3.8, 4) is 0 Å². The van der Waals surface area contributed by atoms with E-state index in [1.54, 1.807) is 18.0 Å². The van der Waals surface area contributed by atoms with E-state index >= 15 is 0 Å². The van der Waals surface area contributed by atoms with Crippen LogP contribution in [0, 0.1) is 0 Å². The lowest BCUT2D eigenvalue weighted by Gasteiger charge is -2.21. The molecule has 1 aromatic rings. The van der Waals surface area contributed by atoms with Crippen molar-refractivity contribution in [2.75, 3.05) is 31.6 Å². The lowest BCUT2D eigenvalue weighted by molar-refractivity contribution is -0.138. The molecule has 0 aliphatic rings. The van der Waals surface area contributed by atoms with Crippen molar-refractivity contribution >= 4 is 5.69 Å². The highest BCUT2D eigenvalue weighted by Crippen LogP contribution is 2.34. The Labute approximate surface area is 111 Å². The van der Waals surface area contributed by atoms with Gasteiger partial charge in [0.05, 0.1) is 12.2 Å². The molecule has 1 aromatic carbocycles. The second-order valence-electron chi connectivity index (χ2n) is 4.26. The molecule has 19 heavy (non-hydrogen) atoms. The maximum absolute atomic E-state index is 13.0. The molecule has 0 radical (unpaired) electrons. The molecule has 0 amide bonds. The van der Waals surface area contributed by atoms with E-state index < -0.39 is 11.7 Å². The summed E-state index contributed by atoms with van der Waals surface area (Å²) in [5.41, 5.74) is 0.0489. The predicted octanol–water partition coefficient (Wildman–Crippen LogP) is 2.24. The molecule has 0 fully saturated rings. The van der Waals surface area contributed by atoms with Gasteiger partial charge in [-0.05, 0) is 24.2 Å². The van der Waals surface area contributed by atoms with Gasteiger partial charge in [-0.25, -0.2) is 0 Å². The summed E-state index contributed by atoms with van der Waals surface area (Å²) < 4.78 is 39.0. The summed E-state index contributed by atoms with van der Waals surface area (Å²) in [6.45, 7) is 2.84. The Balaban J connectivity index is 3.08. The molecule has 0 saturated heterocycles. The second kappa shape index (κ2) is 6.77. The molecule has 0 saturated carbocycles.